The van der Waals surface area contributed by atoms with Crippen LogP contribution in [0.1, 0.15) is 25.3 Å². The van der Waals surface area contributed by atoms with Crippen molar-refractivity contribution >= 4 is 15.9 Å². The standard InChI is InChI=1S/C8H10Br.C5H5.Fe/c1-6(2)7-4-3-5-8(7)9;1-2-4-5-3-1;/h3-6H,1-2H3;1-5H;/q2*-1;+2. The van der Waals surface area contributed by atoms with Crippen LogP contribution in [0.15, 0.2) is 53.0 Å². The first kappa shape index (κ1) is 14.7. The average molecular weight is 307 g/mol. The number of hydrogen-bond donors (Lipinski definition) is 0. The summed E-state index contributed by atoms with van der Waals surface area (Å²) >= 11 is 3.47. The summed E-state index contributed by atoms with van der Waals surface area (Å²) in [6.45, 7) is 4.39. The third-order valence-corrected chi connectivity index (χ3v) is 2.69. The van der Waals surface area contributed by atoms with E-state index in [1.807, 2.05) is 30.3 Å². The predicted octanol–water partition coefficient (Wildman–Crippen LogP) is 4.69. The SMILES string of the molecule is CC(C)[c-]1cccc1Br.[Fe+2].c1cc[cH-]c1. The van der Waals surface area contributed by atoms with Crippen LogP contribution in [0.2, 0.25) is 0 Å². The molecule has 0 N–H and O–H groups in total. The molecule has 0 unspecified atom stereocenters. The van der Waals surface area contributed by atoms with Gasteiger partial charge in [0.2, 0.25) is 0 Å². The van der Waals surface area contributed by atoms with E-state index in [0.717, 1.165) is 0 Å². The van der Waals surface area contributed by atoms with E-state index in [9.17, 15) is 0 Å². The van der Waals surface area contributed by atoms with E-state index in [-0.39, 0.29) is 17.1 Å². The van der Waals surface area contributed by atoms with Gasteiger partial charge in [-0.25, -0.2) is 18.2 Å². The third-order valence-electron chi connectivity index (χ3n) is 1.97. The van der Waals surface area contributed by atoms with Crippen LogP contribution in [-0.4, -0.2) is 0 Å². The van der Waals surface area contributed by atoms with Gasteiger partial charge in [0, 0.05) is 0 Å². The first-order valence-electron chi connectivity index (χ1n) is 4.79. The average Bonchev–Trinajstić information content (AvgIpc) is 2.74. The van der Waals surface area contributed by atoms with Crippen LogP contribution in [0.25, 0.3) is 0 Å². The molecule has 82 valence electrons. The van der Waals surface area contributed by atoms with Crippen LogP contribution in [0.5, 0.6) is 0 Å². The summed E-state index contributed by atoms with van der Waals surface area (Å²) in [7, 11) is 0. The Hall–Kier alpha value is -0.301. The van der Waals surface area contributed by atoms with Gasteiger partial charge >= 0.3 is 17.1 Å². The Balaban J connectivity index is 0.000000280. The molecule has 0 nitrogen and oxygen atoms in total. The van der Waals surface area contributed by atoms with Crippen LogP contribution < -0.4 is 0 Å². The van der Waals surface area contributed by atoms with E-state index < -0.39 is 0 Å². The molecule has 0 fully saturated rings. The number of rotatable bonds is 1. The zero-order chi connectivity index (χ0) is 10.4. The summed E-state index contributed by atoms with van der Waals surface area (Å²) in [6, 6.07) is 16.3. The van der Waals surface area contributed by atoms with Crippen molar-refractivity contribution in [2.75, 3.05) is 0 Å². The van der Waals surface area contributed by atoms with Crippen molar-refractivity contribution in [3.05, 3.63) is 58.6 Å². The normalized spacial score (nSPS) is 9.07. The summed E-state index contributed by atoms with van der Waals surface area (Å²) in [5.74, 6) is 0.634. The Morgan fingerprint density at radius 2 is 1.80 bits per heavy atom. The maximum atomic E-state index is 3.47. The van der Waals surface area contributed by atoms with Crippen LogP contribution in [0.3, 0.4) is 0 Å². The second-order valence-electron chi connectivity index (χ2n) is 3.45. The van der Waals surface area contributed by atoms with E-state index in [2.05, 4.69) is 48.0 Å². The molecule has 0 aliphatic heterocycles. The Morgan fingerprint density at radius 3 is 2.00 bits per heavy atom. The molecule has 0 saturated carbocycles. The molecule has 15 heavy (non-hydrogen) atoms. The smallest absolute Gasteiger partial charge is 0.214 e. The maximum absolute atomic E-state index is 3.47. The molecule has 0 aliphatic carbocycles. The Labute approximate surface area is 111 Å². The van der Waals surface area contributed by atoms with Gasteiger partial charge in [0.05, 0.1) is 0 Å². The van der Waals surface area contributed by atoms with Gasteiger partial charge in [-0.05, 0) is 0 Å². The molecule has 0 atom stereocenters. The fourth-order valence-electron chi connectivity index (χ4n) is 1.20. The molecule has 0 aromatic heterocycles. The van der Waals surface area contributed by atoms with Gasteiger partial charge < -0.3 is 0 Å². The van der Waals surface area contributed by atoms with Gasteiger partial charge in [0.25, 0.3) is 0 Å². The van der Waals surface area contributed by atoms with Crippen LogP contribution in [0.4, 0.5) is 0 Å². The Morgan fingerprint density at radius 1 is 1.20 bits per heavy atom. The van der Waals surface area contributed by atoms with Crippen LogP contribution in [0, 0.1) is 0 Å². The first-order valence-corrected chi connectivity index (χ1v) is 5.59. The Bertz CT molecular complexity index is 316. The van der Waals surface area contributed by atoms with Crippen molar-refractivity contribution in [1.82, 2.24) is 0 Å². The van der Waals surface area contributed by atoms with E-state index in [1.165, 1.54) is 10.0 Å². The summed E-state index contributed by atoms with van der Waals surface area (Å²) in [4.78, 5) is 0. The minimum Gasteiger partial charge on any atom is -0.214 e. The molecule has 0 spiro atoms. The monoisotopic (exact) mass is 306 g/mol. The zero-order valence-corrected chi connectivity index (χ0v) is 11.6. The van der Waals surface area contributed by atoms with Gasteiger partial charge in [0.1, 0.15) is 0 Å². The van der Waals surface area contributed by atoms with Gasteiger partial charge in [-0.2, -0.15) is 30.3 Å². The van der Waals surface area contributed by atoms with E-state index in [1.54, 1.807) is 0 Å². The van der Waals surface area contributed by atoms with Crippen LogP contribution in [-0.2, 0) is 17.1 Å². The largest absolute Gasteiger partial charge is 2.00 e. The summed E-state index contributed by atoms with van der Waals surface area (Å²) in [5, 5.41) is 0. The van der Waals surface area contributed by atoms with Crippen LogP contribution >= 0.6 is 15.9 Å². The van der Waals surface area contributed by atoms with Crippen molar-refractivity contribution in [2.24, 2.45) is 0 Å². The number of halogens is 1. The van der Waals surface area contributed by atoms with E-state index in [4.69, 9.17) is 0 Å². The quantitative estimate of drug-likeness (QED) is 0.529. The van der Waals surface area contributed by atoms with Crippen molar-refractivity contribution in [3.8, 4) is 0 Å². The third kappa shape index (κ3) is 5.36. The Kier molecular flexibility index (Phi) is 7.76. The minimum atomic E-state index is 0. The van der Waals surface area contributed by atoms with Gasteiger partial charge in [0.15, 0.2) is 0 Å². The molecule has 2 rings (SSSR count). The van der Waals surface area contributed by atoms with Gasteiger partial charge in [-0.15, -0.1) is 5.56 Å². The molecule has 0 radical (unpaired) electrons. The van der Waals surface area contributed by atoms with Gasteiger partial charge in [-0.3, -0.25) is 0 Å². The summed E-state index contributed by atoms with van der Waals surface area (Å²) < 4.78 is 1.23. The molecule has 0 aliphatic rings. The second kappa shape index (κ2) is 7.92. The molecular weight excluding hydrogens is 292 g/mol. The van der Waals surface area contributed by atoms with E-state index in [0.29, 0.717) is 5.92 Å². The summed E-state index contributed by atoms with van der Waals surface area (Å²) in [5.41, 5.74) is 1.40. The van der Waals surface area contributed by atoms with Crippen molar-refractivity contribution in [3.63, 3.8) is 0 Å². The zero-order valence-electron chi connectivity index (χ0n) is 8.93. The summed E-state index contributed by atoms with van der Waals surface area (Å²) in [6.07, 6.45) is 0. The molecule has 2 aromatic rings. The maximum Gasteiger partial charge on any atom is 2.00 e. The molecule has 2 aromatic carbocycles. The van der Waals surface area contributed by atoms with Gasteiger partial charge in [-0.1, -0.05) is 40.2 Å². The second-order valence-corrected chi connectivity index (χ2v) is 4.30. The molecule has 2 heteroatoms. The topological polar surface area (TPSA) is 0 Å². The van der Waals surface area contributed by atoms with E-state index >= 15 is 0 Å². The molecule has 0 heterocycles. The molecule has 0 amide bonds. The molecule has 0 bridgehead atoms. The van der Waals surface area contributed by atoms with Crippen molar-refractivity contribution < 1.29 is 17.1 Å². The fourth-order valence-corrected chi connectivity index (χ4v) is 1.94. The first-order chi connectivity index (χ1) is 6.72. The predicted molar refractivity (Wildman–Crippen MR) is 65.9 cm³/mol. The minimum absolute atomic E-state index is 0. The molecular formula is C13H15BrFe. The fraction of sp³-hybridized carbons (Fsp3) is 0.231. The molecule has 0 saturated heterocycles. The number of hydrogen-bond acceptors (Lipinski definition) is 0. The van der Waals surface area contributed by atoms with Crippen molar-refractivity contribution in [1.29, 1.82) is 0 Å². The van der Waals surface area contributed by atoms with Crippen molar-refractivity contribution in [2.45, 2.75) is 19.8 Å².